The molecule has 1 aliphatic carbocycles. The van der Waals surface area contributed by atoms with Crippen molar-refractivity contribution in [2.24, 2.45) is 17.8 Å². The standard InChI is InChI=1S/C16H26O2/c1-6-7-16(17)12(3)15-10-11(2)8-9-14(15)13(4)18-5/h7,10,12,14-15,17H,4,6,8-9H2,1-3,5H3/b16-7+/t12-,14-,15?/m0/s1. The van der Waals surface area contributed by atoms with E-state index in [9.17, 15) is 5.11 Å². The highest BCUT2D eigenvalue weighted by atomic mass is 16.5. The van der Waals surface area contributed by atoms with Crippen LogP contribution in [0.15, 0.2) is 35.8 Å². The van der Waals surface area contributed by atoms with Gasteiger partial charge in [-0.1, -0.05) is 32.1 Å². The molecule has 18 heavy (non-hydrogen) atoms. The maximum atomic E-state index is 10.1. The number of methoxy groups -OCH3 is 1. The molecule has 1 aliphatic rings. The monoisotopic (exact) mass is 250 g/mol. The largest absolute Gasteiger partial charge is 0.512 e. The van der Waals surface area contributed by atoms with E-state index in [4.69, 9.17) is 4.74 Å². The summed E-state index contributed by atoms with van der Waals surface area (Å²) in [6.45, 7) is 10.3. The molecule has 0 radical (unpaired) electrons. The molecule has 0 fully saturated rings. The minimum absolute atomic E-state index is 0.122. The summed E-state index contributed by atoms with van der Waals surface area (Å²) in [4.78, 5) is 0. The van der Waals surface area contributed by atoms with Gasteiger partial charge < -0.3 is 9.84 Å². The predicted octanol–water partition coefficient (Wildman–Crippen LogP) is 4.61. The molecule has 0 spiro atoms. The first kappa shape index (κ1) is 14.9. The van der Waals surface area contributed by atoms with Gasteiger partial charge in [-0.15, -0.1) is 0 Å². The number of aliphatic hydroxyl groups excluding tert-OH is 1. The van der Waals surface area contributed by atoms with Crippen LogP contribution in [0.4, 0.5) is 0 Å². The van der Waals surface area contributed by atoms with Crippen molar-refractivity contribution in [1.29, 1.82) is 0 Å². The van der Waals surface area contributed by atoms with Crippen molar-refractivity contribution in [2.45, 2.75) is 40.0 Å². The Bertz CT molecular complexity index is 352. The minimum atomic E-state index is 0.122. The first-order valence-electron chi connectivity index (χ1n) is 6.80. The Kier molecular flexibility index (Phi) is 5.52. The van der Waals surface area contributed by atoms with Gasteiger partial charge in [0.2, 0.25) is 0 Å². The van der Waals surface area contributed by atoms with Gasteiger partial charge in [-0.05, 0) is 38.2 Å². The maximum Gasteiger partial charge on any atom is 0.0920 e. The molecule has 0 amide bonds. The zero-order chi connectivity index (χ0) is 13.7. The second-order valence-electron chi connectivity index (χ2n) is 5.23. The summed E-state index contributed by atoms with van der Waals surface area (Å²) < 4.78 is 5.32. The van der Waals surface area contributed by atoms with Gasteiger partial charge in [-0.3, -0.25) is 0 Å². The van der Waals surface area contributed by atoms with Crippen LogP contribution < -0.4 is 0 Å². The summed E-state index contributed by atoms with van der Waals surface area (Å²) >= 11 is 0. The van der Waals surface area contributed by atoms with E-state index in [1.54, 1.807) is 7.11 Å². The Labute approximate surface area is 111 Å². The quantitative estimate of drug-likeness (QED) is 0.570. The molecule has 0 aromatic rings. The molecule has 0 bridgehead atoms. The lowest BCUT2D eigenvalue weighted by Crippen LogP contribution is -2.26. The zero-order valence-electron chi connectivity index (χ0n) is 12.1. The summed E-state index contributed by atoms with van der Waals surface area (Å²) in [6.07, 6.45) is 7.19. The highest BCUT2D eigenvalue weighted by Gasteiger charge is 2.32. The predicted molar refractivity (Wildman–Crippen MR) is 76.3 cm³/mol. The number of ether oxygens (including phenoxy) is 1. The Morgan fingerprint density at radius 2 is 2.33 bits per heavy atom. The van der Waals surface area contributed by atoms with Crippen LogP contribution in [-0.2, 0) is 4.74 Å². The van der Waals surface area contributed by atoms with Crippen LogP contribution in [0.3, 0.4) is 0 Å². The molecule has 0 saturated heterocycles. The van der Waals surface area contributed by atoms with E-state index in [0.29, 0.717) is 11.7 Å². The molecular weight excluding hydrogens is 224 g/mol. The Morgan fingerprint density at radius 3 is 2.89 bits per heavy atom. The number of hydrogen-bond acceptors (Lipinski definition) is 2. The molecule has 1 rings (SSSR count). The Hall–Kier alpha value is -1.18. The smallest absolute Gasteiger partial charge is 0.0920 e. The molecule has 1 unspecified atom stereocenters. The number of hydrogen-bond donors (Lipinski definition) is 1. The van der Waals surface area contributed by atoms with Crippen molar-refractivity contribution >= 4 is 0 Å². The first-order valence-corrected chi connectivity index (χ1v) is 6.80. The highest BCUT2D eigenvalue weighted by Crippen LogP contribution is 2.39. The minimum Gasteiger partial charge on any atom is -0.512 e. The van der Waals surface area contributed by atoms with Crippen LogP contribution in [0, 0.1) is 17.8 Å². The second kappa shape index (κ2) is 6.67. The van der Waals surface area contributed by atoms with Crippen LogP contribution in [0.1, 0.15) is 40.0 Å². The molecule has 0 heterocycles. The topological polar surface area (TPSA) is 29.5 Å². The van der Waals surface area contributed by atoms with Gasteiger partial charge in [-0.25, -0.2) is 0 Å². The van der Waals surface area contributed by atoms with Gasteiger partial charge in [0.05, 0.1) is 18.6 Å². The fourth-order valence-corrected chi connectivity index (χ4v) is 2.72. The summed E-state index contributed by atoms with van der Waals surface area (Å²) in [5.41, 5.74) is 1.40. The molecule has 1 N–H and O–H groups in total. The third-order valence-electron chi connectivity index (χ3n) is 3.92. The zero-order valence-corrected chi connectivity index (χ0v) is 12.1. The number of rotatable bonds is 5. The molecule has 102 valence electrons. The van der Waals surface area contributed by atoms with Crippen LogP contribution in [-0.4, -0.2) is 12.2 Å². The summed E-state index contributed by atoms with van der Waals surface area (Å²) in [6, 6.07) is 0. The fraction of sp³-hybridized carbons (Fsp3) is 0.625. The molecular formula is C16H26O2. The normalized spacial score (nSPS) is 26.4. The van der Waals surface area contributed by atoms with Crippen molar-refractivity contribution in [3.8, 4) is 0 Å². The molecule has 0 aliphatic heterocycles. The van der Waals surface area contributed by atoms with Crippen LogP contribution in [0.5, 0.6) is 0 Å². The van der Waals surface area contributed by atoms with Gasteiger partial charge in [0.1, 0.15) is 0 Å². The first-order chi connectivity index (χ1) is 8.51. The van der Waals surface area contributed by atoms with E-state index in [0.717, 1.165) is 25.0 Å². The lowest BCUT2D eigenvalue weighted by Gasteiger charge is -2.34. The summed E-state index contributed by atoms with van der Waals surface area (Å²) in [5.74, 6) is 2.04. The van der Waals surface area contributed by atoms with Crippen molar-refractivity contribution in [3.05, 3.63) is 35.8 Å². The third-order valence-corrected chi connectivity index (χ3v) is 3.92. The molecule has 0 saturated carbocycles. The molecule has 3 atom stereocenters. The van der Waals surface area contributed by atoms with Gasteiger partial charge in [0.15, 0.2) is 0 Å². The Morgan fingerprint density at radius 1 is 1.67 bits per heavy atom. The van der Waals surface area contributed by atoms with Gasteiger partial charge in [-0.2, -0.15) is 0 Å². The van der Waals surface area contributed by atoms with E-state index in [-0.39, 0.29) is 11.8 Å². The summed E-state index contributed by atoms with van der Waals surface area (Å²) in [5, 5.41) is 10.1. The van der Waals surface area contributed by atoms with E-state index in [2.05, 4.69) is 26.5 Å². The van der Waals surface area contributed by atoms with Crippen molar-refractivity contribution in [1.82, 2.24) is 0 Å². The maximum absolute atomic E-state index is 10.1. The molecule has 2 heteroatoms. The lowest BCUT2D eigenvalue weighted by molar-refractivity contribution is 0.174. The van der Waals surface area contributed by atoms with Crippen molar-refractivity contribution < 1.29 is 9.84 Å². The lowest BCUT2D eigenvalue weighted by atomic mass is 9.73. The van der Waals surface area contributed by atoms with E-state index < -0.39 is 0 Å². The SMILES string of the molecule is C=C(OC)[C@@H]1CCC(C)=CC1[C@H](C)/C(O)=C\CC. The Balaban J connectivity index is 2.95. The average Bonchev–Trinajstić information content (AvgIpc) is 2.37. The third kappa shape index (κ3) is 3.41. The van der Waals surface area contributed by atoms with Crippen molar-refractivity contribution in [3.63, 3.8) is 0 Å². The van der Waals surface area contributed by atoms with Crippen molar-refractivity contribution in [2.75, 3.05) is 7.11 Å². The number of aliphatic hydroxyl groups is 1. The van der Waals surface area contributed by atoms with Gasteiger partial charge in [0.25, 0.3) is 0 Å². The molecule has 2 nitrogen and oxygen atoms in total. The van der Waals surface area contributed by atoms with E-state index in [1.165, 1.54) is 5.57 Å². The van der Waals surface area contributed by atoms with Crippen LogP contribution >= 0.6 is 0 Å². The number of allylic oxidation sites excluding steroid dienone is 5. The highest BCUT2D eigenvalue weighted by molar-refractivity contribution is 5.16. The van der Waals surface area contributed by atoms with E-state index >= 15 is 0 Å². The van der Waals surface area contributed by atoms with E-state index in [1.807, 2.05) is 13.0 Å². The van der Waals surface area contributed by atoms with Crippen LogP contribution in [0.2, 0.25) is 0 Å². The average molecular weight is 250 g/mol. The summed E-state index contributed by atoms with van der Waals surface area (Å²) in [7, 11) is 1.68. The second-order valence-corrected chi connectivity index (χ2v) is 5.23. The molecule has 0 aromatic heterocycles. The molecule has 0 aromatic carbocycles. The fourth-order valence-electron chi connectivity index (χ4n) is 2.72. The van der Waals surface area contributed by atoms with Gasteiger partial charge >= 0.3 is 0 Å². The van der Waals surface area contributed by atoms with Gasteiger partial charge in [0, 0.05) is 11.8 Å². The van der Waals surface area contributed by atoms with Crippen LogP contribution in [0.25, 0.3) is 0 Å².